The van der Waals surface area contributed by atoms with Crippen LogP contribution in [-0.2, 0) is 0 Å². The van der Waals surface area contributed by atoms with Crippen molar-refractivity contribution in [3.05, 3.63) is 23.9 Å². The highest BCUT2D eigenvalue weighted by atomic mass is 15.1. The topological polar surface area (TPSA) is 3.24 Å². The van der Waals surface area contributed by atoms with Crippen molar-refractivity contribution in [2.75, 3.05) is 13.6 Å². The molecule has 0 spiro atoms. The molecule has 0 saturated carbocycles. The summed E-state index contributed by atoms with van der Waals surface area (Å²) in [5, 5.41) is 0. The van der Waals surface area contributed by atoms with Crippen molar-refractivity contribution < 1.29 is 0 Å². The van der Waals surface area contributed by atoms with Crippen LogP contribution in [0.5, 0.6) is 0 Å². The largest absolute Gasteiger partial charge is 0.378 e. The molecule has 0 saturated heterocycles. The molecule has 0 bridgehead atoms. The number of hydrogen-bond acceptors (Lipinski definition) is 1. The molecule has 0 rings (SSSR count). The summed E-state index contributed by atoms with van der Waals surface area (Å²) in [5.41, 5.74) is 2.68. The highest BCUT2D eigenvalue weighted by molar-refractivity contribution is 5.21. The van der Waals surface area contributed by atoms with E-state index in [0.717, 1.165) is 13.0 Å². The Morgan fingerprint density at radius 1 is 1.45 bits per heavy atom. The molecule has 0 N–H and O–H groups in total. The lowest BCUT2D eigenvalue weighted by Gasteiger charge is -2.19. The Morgan fingerprint density at radius 2 is 2.00 bits per heavy atom. The fourth-order valence-electron chi connectivity index (χ4n) is 1.03. The Labute approximate surface area is 70.4 Å². The van der Waals surface area contributed by atoms with Crippen molar-refractivity contribution in [3.63, 3.8) is 0 Å². The first-order valence-electron chi connectivity index (χ1n) is 4.20. The fourth-order valence-corrected chi connectivity index (χ4v) is 1.03. The molecule has 0 atom stereocenters. The van der Waals surface area contributed by atoms with Crippen molar-refractivity contribution in [2.45, 2.75) is 27.2 Å². The zero-order valence-corrected chi connectivity index (χ0v) is 8.15. The standard InChI is InChI=1S/C10H19N/c1-6-10(7-2)9(4)11(5)8-3/h6H,1,7-8H2,2-5H3/b10-9+. The van der Waals surface area contributed by atoms with E-state index in [1.54, 1.807) is 0 Å². The summed E-state index contributed by atoms with van der Waals surface area (Å²) >= 11 is 0. The Morgan fingerprint density at radius 3 is 2.27 bits per heavy atom. The number of rotatable bonds is 4. The van der Waals surface area contributed by atoms with Crippen LogP contribution in [0.4, 0.5) is 0 Å². The minimum atomic E-state index is 1.06. The molecule has 0 aliphatic carbocycles. The lowest BCUT2D eigenvalue weighted by Crippen LogP contribution is -2.16. The van der Waals surface area contributed by atoms with E-state index in [1.807, 2.05) is 6.08 Å². The van der Waals surface area contributed by atoms with Crippen LogP contribution in [0.25, 0.3) is 0 Å². The molecule has 0 aromatic rings. The van der Waals surface area contributed by atoms with Gasteiger partial charge in [-0.25, -0.2) is 0 Å². The molecule has 0 aromatic carbocycles. The lowest BCUT2D eigenvalue weighted by atomic mass is 10.1. The van der Waals surface area contributed by atoms with E-state index < -0.39 is 0 Å². The summed E-state index contributed by atoms with van der Waals surface area (Å²) in [6, 6.07) is 0. The maximum absolute atomic E-state index is 3.79. The van der Waals surface area contributed by atoms with Gasteiger partial charge in [0.25, 0.3) is 0 Å². The van der Waals surface area contributed by atoms with Crippen LogP contribution < -0.4 is 0 Å². The minimum Gasteiger partial charge on any atom is -0.378 e. The zero-order chi connectivity index (χ0) is 8.85. The van der Waals surface area contributed by atoms with Crippen LogP contribution in [0, 0.1) is 0 Å². The van der Waals surface area contributed by atoms with Gasteiger partial charge < -0.3 is 4.90 Å². The molecule has 64 valence electrons. The van der Waals surface area contributed by atoms with E-state index in [-0.39, 0.29) is 0 Å². The van der Waals surface area contributed by atoms with Crippen molar-refractivity contribution in [3.8, 4) is 0 Å². The monoisotopic (exact) mass is 153 g/mol. The summed E-state index contributed by atoms with van der Waals surface area (Å²) in [6.45, 7) is 11.3. The second-order valence-corrected chi connectivity index (χ2v) is 2.68. The third-order valence-corrected chi connectivity index (χ3v) is 2.14. The van der Waals surface area contributed by atoms with E-state index in [1.165, 1.54) is 11.3 Å². The molecular weight excluding hydrogens is 134 g/mol. The molecule has 0 amide bonds. The summed E-state index contributed by atoms with van der Waals surface area (Å²) < 4.78 is 0. The summed E-state index contributed by atoms with van der Waals surface area (Å²) in [7, 11) is 2.11. The van der Waals surface area contributed by atoms with E-state index in [9.17, 15) is 0 Å². The molecular formula is C10H19N. The molecule has 0 heterocycles. The van der Waals surface area contributed by atoms with Crippen LogP contribution in [-0.4, -0.2) is 18.5 Å². The number of allylic oxidation sites excluding steroid dienone is 3. The molecule has 0 unspecified atom stereocenters. The molecule has 0 aliphatic rings. The summed E-state index contributed by atoms with van der Waals surface area (Å²) in [5.74, 6) is 0. The third-order valence-electron chi connectivity index (χ3n) is 2.14. The molecule has 0 aliphatic heterocycles. The Kier molecular flexibility index (Phi) is 4.67. The number of hydrogen-bond donors (Lipinski definition) is 0. The molecule has 1 nitrogen and oxygen atoms in total. The predicted molar refractivity (Wildman–Crippen MR) is 51.5 cm³/mol. The van der Waals surface area contributed by atoms with Gasteiger partial charge in [-0.2, -0.15) is 0 Å². The molecule has 0 radical (unpaired) electrons. The lowest BCUT2D eigenvalue weighted by molar-refractivity contribution is 0.438. The first kappa shape index (κ1) is 10.3. The van der Waals surface area contributed by atoms with Gasteiger partial charge in [0.2, 0.25) is 0 Å². The van der Waals surface area contributed by atoms with E-state index in [0.29, 0.717) is 0 Å². The minimum absolute atomic E-state index is 1.06. The molecule has 11 heavy (non-hydrogen) atoms. The molecule has 0 fully saturated rings. The Balaban J connectivity index is 4.45. The third kappa shape index (κ3) is 2.79. The van der Waals surface area contributed by atoms with Gasteiger partial charge in [-0.05, 0) is 25.8 Å². The average molecular weight is 153 g/mol. The van der Waals surface area contributed by atoms with Gasteiger partial charge in [0, 0.05) is 19.3 Å². The van der Waals surface area contributed by atoms with Crippen molar-refractivity contribution in [2.24, 2.45) is 0 Å². The van der Waals surface area contributed by atoms with Gasteiger partial charge in [0.1, 0.15) is 0 Å². The first-order valence-corrected chi connectivity index (χ1v) is 4.20. The molecule has 0 aromatic heterocycles. The summed E-state index contributed by atoms with van der Waals surface area (Å²) in [4.78, 5) is 2.24. The van der Waals surface area contributed by atoms with Gasteiger partial charge in [0.15, 0.2) is 0 Å². The smallest absolute Gasteiger partial charge is 0.0143 e. The normalized spacial score (nSPS) is 12.4. The van der Waals surface area contributed by atoms with E-state index in [2.05, 4.69) is 39.3 Å². The quantitative estimate of drug-likeness (QED) is 0.561. The van der Waals surface area contributed by atoms with Gasteiger partial charge in [0.05, 0.1) is 0 Å². The highest BCUT2D eigenvalue weighted by Crippen LogP contribution is 2.11. The van der Waals surface area contributed by atoms with Crippen LogP contribution in [0.2, 0.25) is 0 Å². The van der Waals surface area contributed by atoms with Crippen LogP contribution >= 0.6 is 0 Å². The van der Waals surface area contributed by atoms with Crippen molar-refractivity contribution in [1.29, 1.82) is 0 Å². The van der Waals surface area contributed by atoms with Crippen LogP contribution in [0.15, 0.2) is 23.9 Å². The maximum atomic E-state index is 3.79. The highest BCUT2D eigenvalue weighted by Gasteiger charge is 1.99. The van der Waals surface area contributed by atoms with E-state index >= 15 is 0 Å². The van der Waals surface area contributed by atoms with E-state index in [4.69, 9.17) is 0 Å². The predicted octanol–water partition coefficient (Wildman–Crippen LogP) is 2.81. The summed E-state index contributed by atoms with van der Waals surface area (Å²) in [6.07, 6.45) is 3.02. The first-order chi connectivity index (χ1) is 5.17. The SMILES string of the molecule is C=C/C(CC)=C(/C)N(C)CC. The average Bonchev–Trinajstić information content (AvgIpc) is 2.05. The van der Waals surface area contributed by atoms with Crippen LogP contribution in [0.3, 0.4) is 0 Å². The van der Waals surface area contributed by atoms with Crippen molar-refractivity contribution in [1.82, 2.24) is 4.90 Å². The second kappa shape index (κ2) is 5.00. The number of nitrogens with zero attached hydrogens (tertiary/aromatic N) is 1. The van der Waals surface area contributed by atoms with Gasteiger partial charge in [-0.3, -0.25) is 0 Å². The second-order valence-electron chi connectivity index (χ2n) is 2.68. The van der Waals surface area contributed by atoms with Crippen molar-refractivity contribution >= 4 is 0 Å². The Hall–Kier alpha value is -0.720. The van der Waals surface area contributed by atoms with Gasteiger partial charge in [-0.15, -0.1) is 0 Å². The molecule has 1 heteroatoms. The fraction of sp³-hybridized carbons (Fsp3) is 0.600. The van der Waals surface area contributed by atoms with Gasteiger partial charge >= 0.3 is 0 Å². The van der Waals surface area contributed by atoms with Crippen LogP contribution in [0.1, 0.15) is 27.2 Å². The Bertz CT molecular complexity index is 156. The van der Waals surface area contributed by atoms with Gasteiger partial charge in [-0.1, -0.05) is 19.6 Å². The zero-order valence-electron chi connectivity index (χ0n) is 8.15. The maximum Gasteiger partial charge on any atom is 0.0143 e.